The van der Waals surface area contributed by atoms with Gasteiger partial charge in [-0.2, -0.15) is 0 Å². The van der Waals surface area contributed by atoms with Crippen LogP contribution in [0.2, 0.25) is 0 Å². The molecule has 0 radical (unpaired) electrons. The van der Waals surface area contributed by atoms with Gasteiger partial charge in [0.05, 0.1) is 15.9 Å². The molecule has 0 spiro atoms. The minimum Gasteiger partial charge on any atom is -0.490 e. The molecule has 1 heterocycles. The van der Waals surface area contributed by atoms with Gasteiger partial charge in [-0.3, -0.25) is 4.98 Å². The van der Waals surface area contributed by atoms with Crippen molar-refractivity contribution in [1.29, 1.82) is 0 Å². The van der Waals surface area contributed by atoms with Crippen molar-refractivity contribution < 1.29 is 21.6 Å². The van der Waals surface area contributed by atoms with Crippen molar-refractivity contribution in [2.24, 2.45) is 0 Å². The van der Waals surface area contributed by atoms with Gasteiger partial charge in [-0.15, -0.1) is 0 Å². The van der Waals surface area contributed by atoms with Crippen LogP contribution in [0.3, 0.4) is 0 Å². The summed E-state index contributed by atoms with van der Waals surface area (Å²) < 4.78 is 61.7. The maximum Gasteiger partial charge on any atom is 0.240 e. The highest BCUT2D eigenvalue weighted by Gasteiger charge is 2.31. The molecule has 1 fully saturated rings. The number of nitrogens with one attached hydrogen (secondary N) is 1. The first kappa shape index (κ1) is 26.3. The SMILES string of the molecule is CC(C)c1ccc(S(=O)(=O)C(CNS(=O)(=O)c2ccc(OC3CCCC3)cc2)c2cccnc2)cc1. The lowest BCUT2D eigenvalue weighted by Gasteiger charge is -2.19. The highest BCUT2D eigenvalue weighted by Crippen LogP contribution is 2.30. The van der Waals surface area contributed by atoms with E-state index in [-0.39, 0.29) is 28.4 Å². The molecule has 0 bridgehead atoms. The molecule has 0 aliphatic heterocycles. The van der Waals surface area contributed by atoms with Crippen molar-refractivity contribution in [2.75, 3.05) is 6.54 Å². The van der Waals surface area contributed by atoms with E-state index in [1.54, 1.807) is 54.7 Å². The zero-order valence-corrected chi connectivity index (χ0v) is 22.1. The standard InChI is InChI=1S/C27H32N2O5S2/c1-20(2)21-9-13-25(14-10-21)35(30,31)27(22-6-5-17-28-18-22)19-29-36(32,33)26-15-11-24(12-16-26)34-23-7-3-4-8-23/h5-6,9-18,20,23,27,29H,3-4,7-8,19H2,1-2H3. The van der Waals surface area contributed by atoms with Crippen LogP contribution in [0.5, 0.6) is 5.75 Å². The Morgan fingerprint density at radius 1 is 0.889 bits per heavy atom. The van der Waals surface area contributed by atoms with Gasteiger partial charge in [0.25, 0.3) is 0 Å². The molecule has 0 amide bonds. The molecule has 7 nitrogen and oxygen atoms in total. The third-order valence-electron chi connectivity index (χ3n) is 6.50. The van der Waals surface area contributed by atoms with E-state index in [4.69, 9.17) is 4.74 Å². The highest BCUT2D eigenvalue weighted by atomic mass is 32.2. The van der Waals surface area contributed by atoms with E-state index in [1.165, 1.54) is 18.3 Å². The summed E-state index contributed by atoms with van der Waals surface area (Å²) in [6.07, 6.45) is 7.47. The van der Waals surface area contributed by atoms with Crippen molar-refractivity contribution in [3.63, 3.8) is 0 Å². The molecule has 1 aliphatic carbocycles. The Balaban J connectivity index is 1.54. The van der Waals surface area contributed by atoms with Crippen LogP contribution in [0.1, 0.15) is 61.8 Å². The molecule has 1 aromatic heterocycles. The number of sulfonamides is 1. The smallest absolute Gasteiger partial charge is 0.240 e. The van der Waals surface area contributed by atoms with E-state index in [2.05, 4.69) is 9.71 Å². The summed E-state index contributed by atoms with van der Waals surface area (Å²) in [6, 6.07) is 16.2. The first-order valence-electron chi connectivity index (χ1n) is 12.2. The van der Waals surface area contributed by atoms with Gasteiger partial charge in [0.2, 0.25) is 10.0 Å². The number of rotatable bonds is 10. The van der Waals surface area contributed by atoms with Gasteiger partial charge in [-0.05, 0) is 85.2 Å². The molecule has 1 saturated carbocycles. The zero-order chi connectivity index (χ0) is 25.8. The summed E-state index contributed by atoms with van der Waals surface area (Å²) in [6.45, 7) is 3.73. The number of aromatic nitrogens is 1. The second kappa shape index (κ2) is 11.1. The minimum atomic E-state index is -3.96. The van der Waals surface area contributed by atoms with Gasteiger partial charge in [0.1, 0.15) is 11.0 Å². The van der Waals surface area contributed by atoms with Crippen molar-refractivity contribution in [1.82, 2.24) is 9.71 Å². The molecule has 1 unspecified atom stereocenters. The molecule has 3 aromatic rings. The summed E-state index contributed by atoms with van der Waals surface area (Å²) in [7, 11) is -7.87. The van der Waals surface area contributed by atoms with Crippen LogP contribution in [-0.4, -0.2) is 34.5 Å². The Bertz CT molecular complexity index is 1350. The second-order valence-electron chi connectivity index (χ2n) is 9.39. The maximum atomic E-state index is 13.6. The van der Waals surface area contributed by atoms with E-state index in [1.807, 2.05) is 13.8 Å². The lowest BCUT2D eigenvalue weighted by molar-refractivity contribution is 0.210. The van der Waals surface area contributed by atoms with E-state index in [0.29, 0.717) is 11.3 Å². The molecule has 9 heteroatoms. The molecule has 1 atom stereocenters. The van der Waals surface area contributed by atoms with Gasteiger partial charge in [-0.25, -0.2) is 21.6 Å². The third-order valence-corrected chi connectivity index (χ3v) is 10.1. The molecule has 1 N–H and O–H groups in total. The first-order chi connectivity index (χ1) is 17.2. The van der Waals surface area contributed by atoms with Crippen LogP contribution < -0.4 is 9.46 Å². The lowest BCUT2D eigenvalue weighted by atomic mass is 10.0. The largest absolute Gasteiger partial charge is 0.490 e. The van der Waals surface area contributed by atoms with Gasteiger partial charge < -0.3 is 4.74 Å². The maximum absolute atomic E-state index is 13.6. The number of pyridine rings is 1. The van der Waals surface area contributed by atoms with Crippen LogP contribution in [0.15, 0.2) is 82.8 Å². The number of nitrogens with zero attached hydrogens (tertiary/aromatic N) is 1. The molecular weight excluding hydrogens is 496 g/mol. The van der Waals surface area contributed by atoms with Gasteiger partial charge in [-0.1, -0.05) is 32.0 Å². The second-order valence-corrected chi connectivity index (χ2v) is 13.3. The van der Waals surface area contributed by atoms with Crippen molar-refractivity contribution in [3.8, 4) is 5.75 Å². The number of sulfone groups is 1. The predicted molar refractivity (Wildman–Crippen MR) is 139 cm³/mol. The highest BCUT2D eigenvalue weighted by molar-refractivity contribution is 7.92. The molecule has 36 heavy (non-hydrogen) atoms. The van der Waals surface area contributed by atoms with E-state index in [9.17, 15) is 16.8 Å². The molecule has 0 saturated heterocycles. The van der Waals surface area contributed by atoms with Gasteiger partial charge >= 0.3 is 0 Å². The molecule has 2 aromatic carbocycles. The molecule has 192 valence electrons. The average Bonchev–Trinajstić information content (AvgIpc) is 3.38. The van der Waals surface area contributed by atoms with Crippen LogP contribution >= 0.6 is 0 Å². The van der Waals surface area contributed by atoms with Crippen molar-refractivity contribution in [3.05, 3.63) is 84.2 Å². The van der Waals surface area contributed by atoms with Crippen molar-refractivity contribution in [2.45, 2.75) is 66.6 Å². The summed E-state index contributed by atoms with van der Waals surface area (Å²) >= 11 is 0. The van der Waals surface area contributed by atoms with E-state index < -0.39 is 25.1 Å². The molecule has 4 rings (SSSR count). The van der Waals surface area contributed by atoms with Crippen LogP contribution in [-0.2, 0) is 19.9 Å². The predicted octanol–water partition coefficient (Wildman–Crippen LogP) is 5.02. The fourth-order valence-electron chi connectivity index (χ4n) is 4.34. The molecular formula is C27H32N2O5S2. The Hall–Kier alpha value is -2.75. The summed E-state index contributed by atoms with van der Waals surface area (Å²) in [5, 5.41) is -1.14. The topological polar surface area (TPSA) is 102 Å². The summed E-state index contributed by atoms with van der Waals surface area (Å²) in [5.74, 6) is 0.888. The third kappa shape index (κ3) is 6.14. The zero-order valence-electron chi connectivity index (χ0n) is 20.5. The number of ether oxygens (including phenoxy) is 1. The first-order valence-corrected chi connectivity index (χ1v) is 15.2. The Morgan fingerprint density at radius 2 is 1.53 bits per heavy atom. The summed E-state index contributed by atoms with van der Waals surface area (Å²) in [5.41, 5.74) is 1.43. The average molecular weight is 529 g/mol. The van der Waals surface area contributed by atoms with E-state index >= 15 is 0 Å². The van der Waals surface area contributed by atoms with Crippen molar-refractivity contribution >= 4 is 19.9 Å². The minimum absolute atomic E-state index is 0.0462. The Kier molecular flexibility index (Phi) is 8.12. The van der Waals surface area contributed by atoms with E-state index in [0.717, 1.165) is 31.2 Å². The normalized spacial score (nSPS) is 15.8. The Labute approximate surface area is 213 Å². The van der Waals surface area contributed by atoms with Crippen LogP contribution in [0.4, 0.5) is 0 Å². The van der Waals surface area contributed by atoms with Crippen LogP contribution in [0, 0.1) is 0 Å². The van der Waals surface area contributed by atoms with Gasteiger partial charge in [0, 0.05) is 18.9 Å². The number of hydrogen-bond donors (Lipinski definition) is 1. The fraction of sp³-hybridized carbons (Fsp3) is 0.370. The monoisotopic (exact) mass is 528 g/mol. The van der Waals surface area contributed by atoms with Gasteiger partial charge in [0.15, 0.2) is 9.84 Å². The Morgan fingerprint density at radius 3 is 2.11 bits per heavy atom. The quantitative estimate of drug-likeness (QED) is 0.396. The van der Waals surface area contributed by atoms with Crippen LogP contribution in [0.25, 0.3) is 0 Å². The number of benzene rings is 2. The fourth-order valence-corrected chi connectivity index (χ4v) is 7.14. The molecule has 1 aliphatic rings. The number of hydrogen-bond acceptors (Lipinski definition) is 6. The summed E-state index contributed by atoms with van der Waals surface area (Å²) in [4.78, 5) is 4.23. The lowest BCUT2D eigenvalue weighted by Crippen LogP contribution is -2.32.